The Morgan fingerprint density at radius 3 is 2.60 bits per heavy atom. The Balaban J connectivity index is 1.77. The summed E-state index contributed by atoms with van der Waals surface area (Å²) in [6, 6.07) is 0. The largest absolute Gasteiger partial charge is 0.304 e. The maximum atomic E-state index is 3.89. The second-order valence-corrected chi connectivity index (χ2v) is 3.97. The van der Waals surface area contributed by atoms with Gasteiger partial charge in [0.1, 0.15) is 0 Å². The fraction of sp³-hybridized carbons (Fsp3) is 0.778. The van der Waals surface area contributed by atoms with Gasteiger partial charge in [-0.05, 0) is 7.05 Å². The van der Waals surface area contributed by atoms with Crippen molar-refractivity contribution in [3.63, 3.8) is 0 Å². The first-order valence-electron chi connectivity index (χ1n) is 5.26. The Morgan fingerprint density at radius 1 is 1.27 bits per heavy atom. The molecular formula is C9H18N6. The molecule has 0 spiro atoms. The first kappa shape index (κ1) is 10.5. The Morgan fingerprint density at radius 2 is 2.00 bits per heavy atom. The van der Waals surface area contributed by atoms with E-state index in [1.807, 2.05) is 7.05 Å². The standard InChI is InChI=1S/C9H18N6/c1-13-3-5-15(6-4-13)11-8-9-7-10-12-14(9)2/h7,11H,3-6,8H2,1-2H3. The van der Waals surface area contributed by atoms with E-state index in [9.17, 15) is 0 Å². The average Bonchev–Trinajstić information content (AvgIpc) is 2.63. The molecule has 1 fully saturated rings. The van der Waals surface area contributed by atoms with Crippen LogP contribution < -0.4 is 5.43 Å². The fourth-order valence-corrected chi connectivity index (χ4v) is 1.63. The van der Waals surface area contributed by atoms with Crippen LogP contribution in [0.15, 0.2) is 6.20 Å². The van der Waals surface area contributed by atoms with Crippen LogP contribution in [0.2, 0.25) is 0 Å². The highest BCUT2D eigenvalue weighted by molar-refractivity contribution is 4.91. The van der Waals surface area contributed by atoms with Crippen LogP contribution in [0, 0.1) is 0 Å². The Hall–Kier alpha value is -0.980. The number of hydrazine groups is 1. The van der Waals surface area contributed by atoms with Crippen LogP contribution in [0.5, 0.6) is 0 Å². The molecule has 0 saturated carbocycles. The number of nitrogens with zero attached hydrogens (tertiary/aromatic N) is 5. The van der Waals surface area contributed by atoms with Crippen LogP contribution in [0.1, 0.15) is 5.69 Å². The minimum Gasteiger partial charge on any atom is -0.304 e. The Bertz CT molecular complexity index is 301. The molecule has 0 amide bonds. The number of nitrogens with one attached hydrogen (secondary N) is 1. The van der Waals surface area contributed by atoms with Gasteiger partial charge in [0.05, 0.1) is 18.4 Å². The third kappa shape index (κ3) is 2.74. The minimum atomic E-state index is 0.799. The summed E-state index contributed by atoms with van der Waals surface area (Å²) in [5.74, 6) is 0. The van der Waals surface area contributed by atoms with Crippen LogP contribution in [-0.2, 0) is 13.6 Å². The molecule has 1 N–H and O–H groups in total. The van der Waals surface area contributed by atoms with Crippen LogP contribution >= 0.6 is 0 Å². The molecule has 1 aromatic heterocycles. The summed E-state index contributed by atoms with van der Waals surface area (Å²) in [6.07, 6.45) is 1.79. The zero-order valence-electron chi connectivity index (χ0n) is 9.35. The number of likely N-dealkylation sites (N-methyl/N-ethyl adjacent to an activating group) is 1. The molecule has 0 radical (unpaired) electrons. The molecular weight excluding hydrogens is 192 g/mol. The molecule has 0 aliphatic carbocycles. The number of piperazine rings is 1. The lowest BCUT2D eigenvalue weighted by Crippen LogP contribution is -2.50. The van der Waals surface area contributed by atoms with E-state index < -0.39 is 0 Å². The molecule has 2 rings (SSSR count). The van der Waals surface area contributed by atoms with Crippen LogP contribution in [0.3, 0.4) is 0 Å². The van der Waals surface area contributed by atoms with Crippen LogP contribution in [0.4, 0.5) is 0 Å². The zero-order valence-corrected chi connectivity index (χ0v) is 9.35. The van der Waals surface area contributed by atoms with Crippen molar-refractivity contribution in [3.05, 3.63) is 11.9 Å². The predicted molar refractivity (Wildman–Crippen MR) is 56.9 cm³/mol. The summed E-state index contributed by atoms with van der Waals surface area (Å²) in [6.45, 7) is 5.18. The first-order valence-corrected chi connectivity index (χ1v) is 5.26. The molecule has 6 heteroatoms. The molecule has 0 unspecified atom stereocenters. The maximum Gasteiger partial charge on any atom is 0.0738 e. The van der Waals surface area contributed by atoms with Crippen molar-refractivity contribution in [2.45, 2.75) is 6.54 Å². The van der Waals surface area contributed by atoms with E-state index in [0.717, 1.165) is 38.4 Å². The lowest BCUT2D eigenvalue weighted by molar-refractivity contribution is 0.101. The fourth-order valence-electron chi connectivity index (χ4n) is 1.63. The Kier molecular flexibility index (Phi) is 3.30. The summed E-state index contributed by atoms with van der Waals surface area (Å²) in [5.41, 5.74) is 4.50. The number of rotatable bonds is 3. The average molecular weight is 210 g/mol. The van der Waals surface area contributed by atoms with E-state index in [-0.39, 0.29) is 0 Å². The number of aromatic nitrogens is 3. The lowest BCUT2D eigenvalue weighted by atomic mass is 10.4. The van der Waals surface area contributed by atoms with Crippen molar-refractivity contribution >= 4 is 0 Å². The van der Waals surface area contributed by atoms with Gasteiger partial charge in [-0.25, -0.2) is 10.4 Å². The molecule has 1 aromatic rings. The molecule has 1 aliphatic rings. The molecule has 2 heterocycles. The van der Waals surface area contributed by atoms with E-state index in [0.29, 0.717) is 0 Å². The normalized spacial score (nSPS) is 19.6. The summed E-state index contributed by atoms with van der Waals surface area (Å²) in [4.78, 5) is 2.34. The van der Waals surface area contributed by atoms with Gasteiger partial charge in [-0.1, -0.05) is 5.21 Å². The van der Waals surface area contributed by atoms with Gasteiger partial charge in [-0.3, -0.25) is 4.68 Å². The molecule has 15 heavy (non-hydrogen) atoms. The molecule has 84 valence electrons. The highest BCUT2D eigenvalue weighted by atomic mass is 15.5. The van der Waals surface area contributed by atoms with Gasteiger partial charge in [0.25, 0.3) is 0 Å². The predicted octanol–water partition coefficient (Wildman–Crippen LogP) is -0.933. The van der Waals surface area contributed by atoms with Gasteiger partial charge in [0, 0.05) is 33.2 Å². The van der Waals surface area contributed by atoms with Gasteiger partial charge < -0.3 is 4.90 Å². The van der Waals surface area contributed by atoms with Crippen molar-refractivity contribution in [1.82, 2.24) is 30.3 Å². The summed E-state index contributed by atoms with van der Waals surface area (Å²) in [7, 11) is 4.07. The number of hydrogen-bond donors (Lipinski definition) is 1. The summed E-state index contributed by atoms with van der Waals surface area (Å²) < 4.78 is 1.79. The topological polar surface area (TPSA) is 49.2 Å². The van der Waals surface area contributed by atoms with Gasteiger partial charge in [-0.15, -0.1) is 5.10 Å². The van der Waals surface area contributed by atoms with E-state index in [1.165, 1.54) is 0 Å². The van der Waals surface area contributed by atoms with Gasteiger partial charge in [0.2, 0.25) is 0 Å². The van der Waals surface area contributed by atoms with E-state index in [1.54, 1.807) is 10.9 Å². The van der Waals surface area contributed by atoms with Crippen LogP contribution in [-0.4, -0.2) is 58.1 Å². The van der Waals surface area contributed by atoms with Gasteiger partial charge >= 0.3 is 0 Å². The third-order valence-corrected chi connectivity index (χ3v) is 2.80. The van der Waals surface area contributed by atoms with Crippen molar-refractivity contribution in [2.24, 2.45) is 7.05 Å². The van der Waals surface area contributed by atoms with Crippen molar-refractivity contribution in [3.8, 4) is 0 Å². The Labute approximate surface area is 89.8 Å². The highest BCUT2D eigenvalue weighted by Crippen LogP contribution is 1.98. The van der Waals surface area contributed by atoms with E-state index in [4.69, 9.17) is 0 Å². The first-order chi connectivity index (χ1) is 7.25. The van der Waals surface area contributed by atoms with Crippen molar-refractivity contribution in [2.75, 3.05) is 33.2 Å². The van der Waals surface area contributed by atoms with E-state index in [2.05, 4.69) is 32.7 Å². The summed E-state index contributed by atoms with van der Waals surface area (Å²) in [5, 5.41) is 9.99. The molecule has 1 saturated heterocycles. The summed E-state index contributed by atoms with van der Waals surface area (Å²) >= 11 is 0. The second kappa shape index (κ2) is 4.69. The molecule has 0 bridgehead atoms. The van der Waals surface area contributed by atoms with Crippen LogP contribution in [0.25, 0.3) is 0 Å². The molecule has 0 aromatic carbocycles. The zero-order chi connectivity index (χ0) is 10.7. The number of aryl methyl sites for hydroxylation is 1. The maximum absolute atomic E-state index is 3.89. The SMILES string of the molecule is CN1CCN(NCc2cnnn2C)CC1. The molecule has 1 aliphatic heterocycles. The monoisotopic (exact) mass is 210 g/mol. The smallest absolute Gasteiger partial charge is 0.0738 e. The van der Waals surface area contributed by atoms with E-state index >= 15 is 0 Å². The lowest BCUT2D eigenvalue weighted by Gasteiger charge is -2.32. The van der Waals surface area contributed by atoms with Crippen molar-refractivity contribution in [1.29, 1.82) is 0 Å². The number of hydrogen-bond acceptors (Lipinski definition) is 5. The quantitative estimate of drug-likeness (QED) is 0.698. The van der Waals surface area contributed by atoms with Crippen molar-refractivity contribution < 1.29 is 0 Å². The molecule has 6 nitrogen and oxygen atoms in total. The minimum absolute atomic E-state index is 0.799. The highest BCUT2D eigenvalue weighted by Gasteiger charge is 2.13. The van der Waals surface area contributed by atoms with Gasteiger partial charge in [-0.2, -0.15) is 0 Å². The second-order valence-electron chi connectivity index (χ2n) is 3.97. The third-order valence-electron chi connectivity index (χ3n) is 2.80. The van der Waals surface area contributed by atoms with Gasteiger partial charge in [0.15, 0.2) is 0 Å². The molecule has 0 atom stereocenters.